The number of nitrogens with one attached hydrogen (secondary N) is 3. The van der Waals surface area contributed by atoms with Gasteiger partial charge in [-0.05, 0) is 30.4 Å². The van der Waals surface area contributed by atoms with Crippen molar-refractivity contribution < 1.29 is 4.79 Å². The van der Waals surface area contributed by atoms with E-state index in [1.54, 1.807) is 0 Å². The van der Waals surface area contributed by atoms with Crippen molar-refractivity contribution in [1.29, 1.82) is 0 Å². The number of rotatable bonds is 7. The van der Waals surface area contributed by atoms with Gasteiger partial charge in [0.05, 0.1) is 0 Å². The van der Waals surface area contributed by atoms with Gasteiger partial charge in [-0.2, -0.15) is 0 Å². The van der Waals surface area contributed by atoms with E-state index in [4.69, 9.17) is 0 Å². The van der Waals surface area contributed by atoms with Crippen molar-refractivity contribution in [2.45, 2.75) is 64.6 Å². The van der Waals surface area contributed by atoms with Crippen LogP contribution in [0.3, 0.4) is 0 Å². The van der Waals surface area contributed by atoms with Gasteiger partial charge in [0.1, 0.15) is 0 Å². The fraction of sp³-hybridized carbons (Fsp3) is 0.682. The number of piperazine rings is 1. The average molecular weight is 373 g/mol. The van der Waals surface area contributed by atoms with Crippen LogP contribution >= 0.6 is 0 Å². The summed E-state index contributed by atoms with van der Waals surface area (Å²) in [6, 6.07) is 9.03. The Bertz CT molecular complexity index is 579. The second-order valence-corrected chi connectivity index (χ2v) is 8.19. The van der Waals surface area contributed by atoms with Gasteiger partial charge in [0.2, 0.25) is 0 Å². The van der Waals surface area contributed by atoms with E-state index in [1.807, 2.05) is 4.90 Å². The van der Waals surface area contributed by atoms with Crippen LogP contribution < -0.4 is 16.0 Å². The molecule has 150 valence electrons. The van der Waals surface area contributed by atoms with Gasteiger partial charge in [-0.1, -0.05) is 56.4 Å². The minimum absolute atomic E-state index is 0.0462. The summed E-state index contributed by atoms with van der Waals surface area (Å²) in [6.07, 6.45) is 8.33. The highest BCUT2D eigenvalue weighted by Gasteiger charge is 2.17. The Kier molecular flexibility index (Phi) is 7.96. The predicted molar refractivity (Wildman–Crippen MR) is 111 cm³/mol. The lowest BCUT2D eigenvalue weighted by atomic mass is 9.85. The zero-order valence-corrected chi connectivity index (χ0v) is 16.8. The second-order valence-electron chi connectivity index (χ2n) is 8.19. The topological polar surface area (TPSA) is 56.4 Å². The first-order valence-corrected chi connectivity index (χ1v) is 10.8. The zero-order chi connectivity index (χ0) is 18.9. The van der Waals surface area contributed by atoms with E-state index in [0.29, 0.717) is 12.6 Å². The van der Waals surface area contributed by atoms with E-state index in [0.717, 1.165) is 38.6 Å². The highest BCUT2D eigenvalue weighted by molar-refractivity contribution is 5.74. The van der Waals surface area contributed by atoms with E-state index >= 15 is 0 Å². The van der Waals surface area contributed by atoms with Gasteiger partial charge in [0.15, 0.2) is 0 Å². The summed E-state index contributed by atoms with van der Waals surface area (Å²) in [5.74, 6) is 0.898. The molecule has 1 aliphatic carbocycles. The van der Waals surface area contributed by atoms with E-state index in [9.17, 15) is 4.79 Å². The molecule has 27 heavy (non-hydrogen) atoms. The number of hydrogen-bond donors (Lipinski definition) is 3. The van der Waals surface area contributed by atoms with Crippen LogP contribution in [0.5, 0.6) is 0 Å². The number of benzene rings is 1. The van der Waals surface area contributed by atoms with Gasteiger partial charge in [-0.15, -0.1) is 0 Å². The third kappa shape index (κ3) is 6.51. The summed E-state index contributed by atoms with van der Waals surface area (Å²) in [7, 11) is 0. The quantitative estimate of drug-likeness (QED) is 0.689. The molecule has 0 bridgehead atoms. The summed E-state index contributed by atoms with van der Waals surface area (Å²) in [4.78, 5) is 14.2. The molecule has 2 amide bonds. The molecule has 3 rings (SSSR count). The Morgan fingerprint density at radius 1 is 1.11 bits per heavy atom. The molecule has 2 fully saturated rings. The van der Waals surface area contributed by atoms with Crippen LogP contribution in [0, 0.1) is 5.92 Å². The molecule has 1 saturated heterocycles. The van der Waals surface area contributed by atoms with Crippen LogP contribution in [-0.4, -0.2) is 43.2 Å². The Balaban J connectivity index is 1.45. The first kappa shape index (κ1) is 20.2. The van der Waals surface area contributed by atoms with E-state index < -0.39 is 0 Å². The zero-order valence-electron chi connectivity index (χ0n) is 16.8. The van der Waals surface area contributed by atoms with Gasteiger partial charge < -0.3 is 20.9 Å². The minimum atomic E-state index is 0.0462. The molecule has 1 saturated carbocycles. The van der Waals surface area contributed by atoms with Crippen molar-refractivity contribution in [2.24, 2.45) is 5.92 Å². The van der Waals surface area contributed by atoms with Crippen LogP contribution in [0.4, 0.5) is 4.79 Å². The van der Waals surface area contributed by atoms with Gasteiger partial charge >= 0.3 is 6.03 Å². The highest BCUT2D eigenvalue weighted by atomic mass is 16.2. The van der Waals surface area contributed by atoms with Crippen molar-refractivity contribution in [1.82, 2.24) is 20.9 Å². The highest BCUT2D eigenvalue weighted by Crippen LogP contribution is 2.27. The number of carbonyl (C=O) groups is 1. The van der Waals surface area contributed by atoms with Crippen molar-refractivity contribution in [3.05, 3.63) is 35.4 Å². The molecular weight excluding hydrogens is 336 g/mol. The van der Waals surface area contributed by atoms with Crippen LogP contribution in [0.1, 0.15) is 56.6 Å². The molecule has 3 N–H and O–H groups in total. The SMILES string of the molecule is CC(CC1CCCCC1)NCc1ccccc1CNC(=O)N1CCNCC1. The lowest BCUT2D eigenvalue weighted by molar-refractivity contribution is 0.189. The fourth-order valence-electron chi connectivity index (χ4n) is 4.34. The van der Waals surface area contributed by atoms with Crippen molar-refractivity contribution in [3.63, 3.8) is 0 Å². The lowest BCUT2D eigenvalue weighted by Gasteiger charge is -2.27. The van der Waals surface area contributed by atoms with Gasteiger partial charge in [-0.25, -0.2) is 4.79 Å². The molecule has 2 aliphatic rings. The third-order valence-corrected chi connectivity index (χ3v) is 6.01. The lowest BCUT2D eigenvalue weighted by Crippen LogP contribution is -2.50. The molecule has 1 aromatic rings. The first-order valence-electron chi connectivity index (χ1n) is 10.8. The molecule has 1 atom stereocenters. The van der Waals surface area contributed by atoms with Crippen molar-refractivity contribution in [3.8, 4) is 0 Å². The Hall–Kier alpha value is -1.59. The van der Waals surface area contributed by atoms with Crippen LogP contribution in [-0.2, 0) is 13.1 Å². The molecule has 1 aliphatic heterocycles. The summed E-state index contributed by atoms with van der Waals surface area (Å²) < 4.78 is 0. The predicted octanol–water partition coefficient (Wildman–Crippen LogP) is 3.25. The van der Waals surface area contributed by atoms with E-state index in [2.05, 4.69) is 47.1 Å². The number of carbonyl (C=O) groups excluding carboxylic acids is 1. The maximum Gasteiger partial charge on any atom is 0.317 e. The van der Waals surface area contributed by atoms with Crippen molar-refractivity contribution >= 4 is 6.03 Å². The molecular formula is C22H36N4O. The number of hydrogen-bond acceptors (Lipinski definition) is 3. The van der Waals surface area contributed by atoms with Crippen LogP contribution in [0.2, 0.25) is 0 Å². The molecule has 1 heterocycles. The van der Waals surface area contributed by atoms with Gasteiger partial charge in [0.25, 0.3) is 0 Å². The summed E-state index contributed by atoms with van der Waals surface area (Å²) in [5.41, 5.74) is 2.49. The second kappa shape index (κ2) is 10.7. The Morgan fingerprint density at radius 2 is 1.78 bits per heavy atom. The average Bonchev–Trinajstić information content (AvgIpc) is 2.72. The summed E-state index contributed by atoms with van der Waals surface area (Å²) >= 11 is 0. The maximum absolute atomic E-state index is 12.3. The standard InChI is InChI=1S/C22H36N4O/c1-18(15-19-7-3-2-4-8-19)24-16-20-9-5-6-10-21(20)17-25-22(27)26-13-11-23-12-14-26/h5-6,9-10,18-19,23-24H,2-4,7-8,11-17H2,1H3,(H,25,27). The van der Waals surface area contributed by atoms with Gasteiger partial charge in [0, 0.05) is 45.3 Å². The number of nitrogens with zero attached hydrogens (tertiary/aromatic N) is 1. The van der Waals surface area contributed by atoms with E-state index in [-0.39, 0.29) is 6.03 Å². The van der Waals surface area contributed by atoms with Crippen molar-refractivity contribution in [2.75, 3.05) is 26.2 Å². The number of amides is 2. The third-order valence-electron chi connectivity index (χ3n) is 6.01. The molecule has 1 unspecified atom stereocenters. The Labute approximate surface area is 164 Å². The maximum atomic E-state index is 12.3. The smallest absolute Gasteiger partial charge is 0.317 e. The molecule has 0 spiro atoms. The molecule has 5 nitrogen and oxygen atoms in total. The molecule has 0 radical (unpaired) electrons. The van der Waals surface area contributed by atoms with E-state index in [1.165, 1.54) is 49.7 Å². The summed E-state index contributed by atoms with van der Waals surface area (Å²) in [5, 5.41) is 10.1. The van der Waals surface area contributed by atoms with Crippen LogP contribution in [0.15, 0.2) is 24.3 Å². The van der Waals surface area contributed by atoms with Gasteiger partial charge in [-0.3, -0.25) is 0 Å². The molecule has 5 heteroatoms. The molecule has 1 aromatic carbocycles. The normalized spacial score (nSPS) is 19.7. The largest absolute Gasteiger partial charge is 0.334 e. The first-order chi connectivity index (χ1) is 13.2. The summed E-state index contributed by atoms with van der Waals surface area (Å²) in [6.45, 7) is 7.11. The molecule has 0 aromatic heterocycles. The monoisotopic (exact) mass is 372 g/mol. The fourth-order valence-corrected chi connectivity index (χ4v) is 4.34. The van der Waals surface area contributed by atoms with Crippen LogP contribution in [0.25, 0.3) is 0 Å². The Morgan fingerprint density at radius 3 is 2.48 bits per heavy atom. The minimum Gasteiger partial charge on any atom is -0.334 e. The number of urea groups is 1.